The number of nitrogens with one attached hydrogen (secondary N) is 1. The number of hydrogen-bond acceptors (Lipinski definition) is 3. The normalized spacial score (nSPS) is 12.7. The molecule has 1 atom stereocenters. The quantitative estimate of drug-likeness (QED) is 0.862. The molecule has 0 amide bonds. The topological polar surface area (TPSA) is 24.9 Å². The zero-order valence-electron chi connectivity index (χ0n) is 10.5. The fourth-order valence-corrected chi connectivity index (χ4v) is 2.64. The number of thiazole rings is 1. The molecule has 0 bridgehead atoms. The van der Waals surface area contributed by atoms with Crippen molar-refractivity contribution in [3.05, 3.63) is 40.7 Å². The summed E-state index contributed by atoms with van der Waals surface area (Å²) in [5, 5.41) is 5.30. The molecule has 0 aliphatic heterocycles. The number of rotatable bonds is 4. The van der Waals surface area contributed by atoms with Crippen molar-refractivity contribution in [2.75, 3.05) is 6.54 Å². The highest BCUT2D eigenvalue weighted by Gasteiger charge is 2.18. The molecule has 0 fully saturated rings. The van der Waals surface area contributed by atoms with E-state index in [0.29, 0.717) is 5.01 Å². The fraction of sp³-hybridized carbons (Fsp3) is 0.308. The van der Waals surface area contributed by atoms with E-state index in [0.717, 1.165) is 18.3 Å². The summed E-state index contributed by atoms with van der Waals surface area (Å²) in [4.78, 5) is 4.26. The molecule has 0 saturated heterocycles. The molecule has 0 spiro atoms. The zero-order valence-corrected chi connectivity index (χ0v) is 11.3. The first kappa shape index (κ1) is 14.0. The van der Waals surface area contributed by atoms with Crippen LogP contribution in [0.3, 0.4) is 0 Å². The Kier molecular flexibility index (Phi) is 4.21. The van der Waals surface area contributed by atoms with Crippen LogP contribution in [0.25, 0.3) is 10.6 Å². The summed E-state index contributed by atoms with van der Waals surface area (Å²) in [6.45, 7) is 4.69. The van der Waals surface area contributed by atoms with E-state index in [4.69, 9.17) is 0 Å². The standard InChI is InChI=1S/C13H13F3N2S/c1-3-17-7(2)10-6-19-13(18-10)8-4-5-9(14)12(16)11(8)15/h4-7,17H,3H2,1-2H3. The fourth-order valence-electron chi connectivity index (χ4n) is 1.71. The Hall–Kier alpha value is -1.40. The van der Waals surface area contributed by atoms with Gasteiger partial charge in [-0.1, -0.05) is 6.92 Å². The van der Waals surface area contributed by atoms with Gasteiger partial charge in [-0.2, -0.15) is 0 Å². The van der Waals surface area contributed by atoms with E-state index in [9.17, 15) is 13.2 Å². The van der Waals surface area contributed by atoms with Crippen LogP contribution in [0.5, 0.6) is 0 Å². The van der Waals surface area contributed by atoms with Crippen molar-refractivity contribution in [2.24, 2.45) is 0 Å². The Morgan fingerprint density at radius 3 is 2.68 bits per heavy atom. The average Bonchev–Trinajstić information content (AvgIpc) is 2.86. The summed E-state index contributed by atoms with van der Waals surface area (Å²) < 4.78 is 39.7. The summed E-state index contributed by atoms with van der Waals surface area (Å²) in [6, 6.07) is 2.14. The van der Waals surface area contributed by atoms with Crippen LogP contribution >= 0.6 is 11.3 Å². The highest BCUT2D eigenvalue weighted by Crippen LogP contribution is 2.30. The van der Waals surface area contributed by atoms with Crippen molar-refractivity contribution in [3.8, 4) is 10.6 Å². The lowest BCUT2D eigenvalue weighted by molar-refractivity contribution is 0.449. The molecule has 1 heterocycles. The Morgan fingerprint density at radius 2 is 2.00 bits per heavy atom. The molecule has 2 rings (SSSR count). The Morgan fingerprint density at radius 1 is 1.26 bits per heavy atom. The maximum atomic E-state index is 13.6. The van der Waals surface area contributed by atoms with Gasteiger partial charge in [0.1, 0.15) is 5.01 Å². The highest BCUT2D eigenvalue weighted by atomic mass is 32.1. The molecule has 1 N–H and O–H groups in total. The second-order valence-electron chi connectivity index (χ2n) is 4.08. The van der Waals surface area contributed by atoms with E-state index in [1.165, 1.54) is 17.4 Å². The lowest BCUT2D eigenvalue weighted by atomic mass is 10.2. The minimum atomic E-state index is -1.46. The maximum Gasteiger partial charge on any atom is 0.195 e. The molecule has 19 heavy (non-hydrogen) atoms. The van der Waals surface area contributed by atoms with E-state index in [-0.39, 0.29) is 11.6 Å². The molecule has 0 radical (unpaired) electrons. The van der Waals surface area contributed by atoms with Gasteiger partial charge in [-0.3, -0.25) is 0 Å². The Balaban J connectivity index is 2.36. The molecule has 1 unspecified atom stereocenters. The molecule has 2 nitrogen and oxygen atoms in total. The third kappa shape index (κ3) is 2.79. The third-order valence-electron chi connectivity index (χ3n) is 2.74. The van der Waals surface area contributed by atoms with Crippen molar-refractivity contribution in [3.63, 3.8) is 0 Å². The second-order valence-corrected chi connectivity index (χ2v) is 4.94. The van der Waals surface area contributed by atoms with Crippen molar-refractivity contribution in [1.82, 2.24) is 10.3 Å². The lowest BCUT2D eigenvalue weighted by Crippen LogP contribution is -2.17. The maximum absolute atomic E-state index is 13.6. The molecule has 6 heteroatoms. The predicted octanol–water partition coefficient (Wildman–Crippen LogP) is 3.90. The molecular formula is C13H13F3N2S. The van der Waals surface area contributed by atoms with Crippen LogP contribution in [0.1, 0.15) is 25.6 Å². The van der Waals surface area contributed by atoms with Gasteiger partial charge in [0, 0.05) is 17.0 Å². The first-order chi connectivity index (χ1) is 9.04. The van der Waals surface area contributed by atoms with Crippen molar-refractivity contribution in [2.45, 2.75) is 19.9 Å². The number of aromatic nitrogens is 1. The van der Waals surface area contributed by atoms with Crippen LogP contribution in [0.4, 0.5) is 13.2 Å². The predicted molar refractivity (Wildman–Crippen MR) is 69.5 cm³/mol. The number of halogens is 3. The van der Waals surface area contributed by atoms with Crippen molar-refractivity contribution < 1.29 is 13.2 Å². The van der Waals surface area contributed by atoms with Gasteiger partial charge in [-0.25, -0.2) is 18.2 Å². The number of hydrogen-bond donors (Lipinski definition) is 1. The summed E-state index contributed by atoms with van der Waals surface area (Å²) in [7, 11) is 0. The molecular weight excluding hydrogens is 273 g/mol. The second kappa shape index (κ2) is 5.71. The van der Waals surface area contributed by atoms with Gasteiger partial charge in [-0.05, 0) is 25.6 Å². The minimum Gasteiger partial charge on any atom is -0.309 e. The summed E-state index contributed by atoms with van der Waals surface area (Å²) in [5.41, 5.74) is 0.741. The van der Waals surface area contributed by atoms with Crippen LogP contribution in [-0.2, 0) is 0 Å². The molecule has 0 saturated carbocycles. The lowest BCUT2D eigenvalue weighted by Gasteiger charge is -2.08. The van der Waals surface area contributed by atoms with Gasteiger partial charge in [-0.15, -0.1) is 11.3 Å². The Labute approximate surface area is 113 Å². The summed E-state index contributed by atoms with van der Waals surface area (Å²) in [6.07, 6.45) is 0. The molecule has 0 aliphatic rings. The van der Waals surface area contributed by atoms with Gasteiger partial charge in [0.25, 0.3) is 0 Å². The van der Waals surface area contributed by atoms with Crippen LogP contribution in [0.2, 0.25) is 0 Å². The van der Waals surface area contributed by atoms with E-state index >= 15 is 0 Å². The number of nitrogens with zero attached hydrogens (tertiary/aromatic N) is 1. The first-order valence-electron chi connectivity index (χ1n) is 5.87. The highest BCUT2D eigenvalue weighted by molar-refractivity contribution is 7.13. The van der Waals surface area contributed by atoms with E-state index in [1.807, 2.05) is 13.8 Å². The van der Waals surface area contributed by atoms with Gasteiger partial charge in [0.2, 0.25) is 0 Å². The van der Waals surface area contributed by atoms with Crippen LogP contribution < -0.4 is 5.32 Å². The number of benzene rings is 1. The van der Waals surface area contributed by atoms with Gasteiger partial charge >= 0.3 is 0 Å². The molecule has 0 aliphatic carbocycles. The van der Waals surface area contributed by atoms with Crippen molar-refractivity contribution in [1.29, 1.82) is 0 Å². The largest absolute Gasteiger partial charge is 0.309 e. The monoisotopic (exact) mass is 286 g/mol. The smallest absolute Gasteiger partial charge is 0.195 e. The van der Waals surface area contributed by atoms with E-state index < -0.39 is 17.5 Å². The van der Waals surface area contributed by atoms with E-state index in [1.54, 1.807) is 5.38 Å². The van der Waals surface area contributed by atoms with Crippen LogP contribution in [-0.4, -0.2) is 11.5 Å². The van der Waals surface area contributed by atoms with Crippen LogP contribution in [0, 0.1) is 17.5 Å². The van der Waals surface area contributed by atoms with Crippen molar-refractivity contribution >= 4 is 11.3 Å². The van der Waals surface area contributed by atoms with Crippen LogP contribution in [0.15, 0.2) is 17.5 Å². The SMILES string of the molecule is CCNC(C)c1csc(-c2ccc(F)c(F)c2F)n1. The summed E-state index contributed by atoms with van der Waals surface area (Å²) in [5.74, 6) is -3.86. The zero-order chi connectivity index (χ0) is 14.0. The molecule has 1 aromatic heterocycles. The summed E-state index contributed by atoms with van der Waals surface area (Å²) >= 11 is 1.21. The molecule has 1 aromatic carbocycles. The van der Waals surface area contributed by atoms with Gasteiger partial charge in [0.15, 0.2) is 17.5 Å². The third-order valence-corrected chi connectivity index (χ3v) is 3.64. The minimum absolute atomic E-state index is 0.0150. The van der Waals surface area contributed by atoms with Gasteiger partial charge < -0.3 is 5.32 Å². The molecule has 2 aromatic rings. The van der Waals surface area contributed by atoms with E-state index in [2.05, 4.69) is 10.3 Å². The average molecular weight is 286 g/mol. The first-order valence-corrected chi connectivity index (χ1v) is 6.75. The molecule has 102 valence electrons. The van der Waals surface area contributed by atoms with Gasteiger partial charge in [0.05, 0.1) is 5.69 Å². The Bertz CT molecular complexity index is 583.